The van der Waals surface area contributed by atoms with Gasteiger partial charge in [0.05, 0.1) is 31.1 Å². The van der Waals surface area contributed by atoms with Gasteiger partial charge in [0.1, 0.15) is 12.4 Å². The van der Waals surface area contributed by atoms with Gasteiger partial charge in [0.15, 0.2) is 0 Å². The number of ether oxygens (including phenoxy) is 2. The Hall–Kier alpha value is -1.15. The highest BCUT2D eigenvalue weighted by Crippen LogP contribution is 2.26. The van der Waals surface area contributed by atoms with Crippen molar-refractivity contribution in [2.24, 2.45) is 0 Å². The summed E-state index contributed by atoms with van der Waals surface area (Å²) in [6.07, 6.45) is 0. The van der Waals surface area contributed by atoms with Gasteiger partial charge in [-0.25, -0.2) is 0 Å². The van der Waals surface area contributed by atoms with Crippen molar-refractivity contribution in [1.82, 2.24) is 0 Å². The average molecular weight is 264 g/mol. The minimum absolute atomic E-state index is 0.137. The Balaban J connectivity index is 2.06. The van der Waals surface area contributed by atoms with Crippen molar-refractivity contribution in [3.63, 3.8) is 0 Å². The average Bonchev–Trinajstić information content (AvgIpc) is 2.34. The van der Waals surface area contributed by atoms with Crippen molar-refractivity contribution in [3.8, 4) is 17.6 Å². The topological polar surface area (TPSA) is 38.7 Å². The molecule has 2 rings (SSSR count). The number of aliphatic hydroxyl groups excluding tert-OH is 1. The Morgan fingerprint density at radius 2 is 2.33 bits per heavy atom. The molecular formula is C14H16O3S. The fraction of sp³-hybridized carbons (Fsp3) is 0.429. The molecule has 0 aromatic heterocycles. The van der Waals surface area contributed by atoms with Gasteiger partial charge in [-0.3, -0.25) is 0 Å². The molecule has 0 aliphatic carbocycles. The van der Waals surface area contributed by atoms with Crippen LogP contribution in [0.25, 0.3) is 0 Å². The minimum Gasteiger partial charge on any atom is -0.495 e. The Morgan fingerprint density at radius 1 is 1.50 bits per heavy atom. The van der Waals surface area contributed by atoms with Gasteiger partial charge in [0, 0.05) is 5.75 Å². The summed E-state index contributed by atoms with van der Waals surface area (Å²) in [6, 6.07) is 6.00. The van der Waals surface area contributed by atoms with E-state index < -0.39 is 0 Å². The zero-order valence-corrected chi connectivity index (χ0v) is 11.1. The Bertz CT molecular complexity index is 458. The van der Waals surface area contributed by atoms with Crippen LogP contribution in [0.15, 0.2) is 18.2 Å². The summed E-state index contributed by atoms with van der Waals surface area (Å²) in [6.45, 7) is 1.58. The van der Waals surface area contributed by atoms with Crippen LogP contribution in [0.2, 0.25) is 0 Å². The van der Waals surface area contributed by atoms with Gasteiger partial charge >= 0.3 is 0 Å². The molecule has 1 fully saturated rings. The summed E-state index contributed by atoms with van der Waals surface area (Å²) in [7, 11) is 1.62. The molecular weight excluding hydrogens is 248 g/mol. The van der Waals surface area contributed by atoms with Crippen LogP contribution in [0, 0.1) is 11.8 Å². The molecule has 3 nitrogen and oxygen atoms in total. The van der Waals surface area contributed by atoms with E-state index in [1.165, 1.54) is 5.56 Å². The lowest BCUT2D eigenvalue weighted by molar-refractivity contribution is 0.0455. The van der Waals surface area contributed by atoms with E-state index in [0.717, 1.165) is 30.3 Å². The Labute approximate surface area is 111 Å². The third-order valence-electron chi connectivity index (χ3n) is 2.66. The van der Waals surface area contributed by atoms with Crippen LogP contribution in [-0.2, 0) is 10.5 Å². The predicted octanol–water partition coefficient (Wildman–Crippen LogP) is 1.67. The van der Waals surface area contributed by atoms with E-state index in [4.69, 9.17) is 14.6 Å². The second kappa shape index (κ2) is 6.69. The van der Waals surface area contributed by atoms with Crippen LogP contribution in [0.4, 0.5) is 0 Å². The lowest BCUT2D eigenvalue weighted by Crippen LogP contribution is -2.30. The highest BCUT2D eigenvalue weighted by molar-refractivity contribution is 7.99. The quantitative estimate of drug-likeness (QED) is 0.840. The summed E-state index contributed by atoms with van der Waals surface area (Å²) < 4.78 is 10.4. The molecule has 96 valence electrons. The molecule has 0 amide bonds. The number of hydrogen-bond donors (Lipinski definition) is 1. The lowest BCUT2D eigenvalue weighted by Gasteiger charge is -2.25. The van der Waals surface area contributed by atoms with Crippen LogP contribution in [0.5, 0.6) is 5.75 Å². The van der Waals surface area contributed by atoms with E-state index in [0.29, 0.717) is 5.25 Å². The van der Waals surface area contributed by atoms with Gasteiger partial charge in [0.25, 0.3) is 0 Å². The van der Waals surface area contributed by atoms with E-state index in [2.05, 4.69) is 17.9 Å². The normalized spacial score (nSPS) is 14.6. The fourth-order valence-electron chi connectivity index (χ4n) is 1.60. The highest BCUT2D eigenvalue weighted by atomic mass is 32.2. The minimum atomic E-state index is -0.137. The molecule has 1 aliphatic heterocycles. The smallest absolute Gasteiger partial charge is 0.134 e. The number of aliphatic hydroxyl groups is 1. The van der Waals surface area contributed by atoms with Crippen molar-refractivity contribution in [3.05, 3.63) is 29.3 Å². The molecule has 0 radical (unpaired) electrons. The zero-order chi connectivity index (χ0) is 12.8. The van der Waals surface area contributed by atoms with E-state index in [1.54, 1.807) is 7.11 Å². The predicted molar refractivity (Wildman–Crippen MR) is 72.9 cm³/mol. The summed E-state index contributed by atoms with van der Waals surface area (Å²) in [4.78, 5) is 0. The van der Waals surface area contributed by atoms with Crippen LogP contribution in [0.3, 0.4) is 0 Å². The Kier molecular flexibility index (Phi) is 4.94. The monoisotopic (exact) mass is 264 g/mol. The lowest BCUT2D eigenvalue weighted by atomic mass is 10.1. The number of thioether (sulfide) groups is 1. The van der Waals surface area contributed by atoms with Gasteiger partial charge in [-0.15, -0.1) is 11.8 Å². The first-order valence-electron chi connectivity index (χ1n) is 5.79. The maximum atomic E-state index is 8.74. The van der Waals surface area contributed by atoms with Crippen LogP contribution >= 0.6 is 11.8 Å². The fourth-order valence-corrected chi connectivity index (χ4v) is 2.59. The molecule has 4 heteroatoms. The number of benzene rings is 1. The summed E-state index contributed by atoms with van der Waals surface area (Å²) in [5.41, 5.74) is 2.05. The molecule has 0 bridgehead atoms. The third kappa shape index (κ3) is 3.42. The first-order chi connectivity index (χ1) is 8.83. The first kappa shape index (κ1) is 13.3. The molecule has 1 aliphatic rings. The maximum absolute atomic E-state index is 8.74. The molecule has 18 heavy (non-hydrogen) atoms. The van der Waals surface area contributed by atoms with E-state index in [1.807, 2.05) is 23.9 Å². The van der Waals surface area contributed by atoms with Crippen LogP contribution in [-0.4, -0.2) is 37.3 Å². The van der Waals surface area contributed by atoms with Gasteiger partial charge in [-0.2, -0.15) is 0 Å². The molecule has 1 N–H and O–H groups in total. The molecule has 1 heterocycles. The van der Waals surface area contributed by atoms with Crippen molar-refractivity contribution in [2.75, 3.05) is 26.9 Å². The van der Waals surface area contributed by atoms with Gasteiger partial charge in [-0.05, 0) is 17.7 Å². The third-order valence-corrected chi connectivity index (χ3v) is 3.90. The van der Waals surface area contributed by atoms with E-state index >= 15 is 0 Å². The summed E-state index contributed by atoms with van der Waals surface area (Å²) in [5.74, 6) is 7.26. The first-order valence-corrected chi connectivity index (χ1v) is 6.84. The number of hydrogen-bond acceptors (Lipinski definition) is 4. The number of rotatable bonds is 4. The van der Waals surface area contributed by atoms with Crippen molar-refractivity contribution in [1.29, 1.82) is 0 Å². The zero-order valence-electron chi connectivity index (χ0n) is 10.3. The van der Waals surface area contributed by atoms with E-state index in [-0.39, 0.29) is 6.61 Å². The largest absolute Gasteiger partial charge is 0.495 e. The van der Waals surface area contributed by atoms with Crippen LogP contribution < -0.4 is 4.74 Å². The number of methoxy groups -OCH3 is 1. The standard InChI is InChI=1S/C14H16O3S/c1-16-14-5-4-11(7-12(14)3-2-6-15)10-18-13-8-17-9-13/h4-5,7,13,15H,6,8-10H2,1H3. The summed E-state index contributed by atoms with van der Waals surface area (Å²) >= 11 is 1.90. The van der Waals surface area contributed by atoms with Crippen molar-refractivity contribution >= 4 is 11.8 Å². The van der Waals surface area contributed by atoms with E-state index in [9.17, 15) is 0 Å². The maximum Gasteiger partial charge on any atom is 0.134 e. The molecule has 1 saturated heterocycles. The molecule has 1 aromatic carbocycles. The Morgan fingerprint density at radius 3 is 2.94 bits per heavy atom. The summed E-state index contributed by atoms with van der Waals surface area (Å²) in [5, 5.41) is 9.37. The van der Waals surface area contributed by atoms with Gasteiger partial charge < -0.3 is 14.6 Å². The van der Waals surface area contributed by atoms with Gasteiger partial charge in [-0.1, -0.05) is 17.9 Å². The second-order valence-electron chi connectivity index (χ2n) is 3.96. The van der Waals surface area contributed by atoms with Crippen molar-refractivity contribution < 1.29 is 14.6 Å². The highest BCUT2D eigenvalue weighted by Gasteiger charge is 2.18. The molecule has 0 atom stereocenters. The second-order valence-corrected chi connectivity index (χ2v) is 5.25. The van der Waals surface area contributed by atoms with Crippen molar-refractivity contribution in [2.45, 2.75) is 11.0 Å². The molecule has 1 aromatic rings. The SMILES string of the molecule is COc1ccc(CSC2COC2)cc1C#CCO. The molecule has 0 spiro atoms. The van der Waals surface area contributed by atoms with Gasteiger partial charge in [0.2, 0.25) is 0 Å². The molecule has 0 unspecified atom stereocenters. The van der Waals surface area contributed by atoms with Crippen LogP contribution in [0.1, 0.15) is 11.1 Å². The molecule has 0 saturated carbocycles.